The van der Waals surface area contributed by atoms with E-state index < -0.39 is 0 Å². The summed E-state index contributed by atoms with van der Waals surface area (Å²) in [6, 6.07) is 16.5. The molecule has 2 N–H and O–H groups in total. The Bertz CT molecular complexity index is 771. The SMILES string of the molecule is OCCC#CC=N/C(=C\NCCCc1ccccc1)c1ccc(F)cc1. The van der Waals surface area contributed by atoms with Crippen molar-refractivity contribution >= 4 is 11.9 Å². The number of nitrogens with zero attached hydrogens (tertiary/aromatic N) is 1. The van der Waals surface area contributed by atoms with Gasteiger partial charge in [-0.15, -0.1) is 0 Å². The first kappa shape index (κ1) is 19.4. The zero-order chi connectivity index (χ0) is 18.5. The van der Waals surface area contributed by atoms with Crippen LogP contribution >= 0.6 is 0 Å². The lowest BCUT2D eigenvalue weighted by atomic mass is 10.1. The third-order valence-electron chi connectivity index (χ3n) is 3.62. The summed E-state index contributed by atoms with van der Waals surface area (Å²) in [5.74, 6) is 5.28. The van der Waals surface area contributed by atoms with Gasteiger partial charge in [0.15, 0.2) is 0 Å². The van der Waals surface area contributed by atoms with Gasteiger partial charge in [-0.2, -0.15) is 0 Å². The van der Waals surface area contributed by atoms with Crippen molar-refractivity contribution in [2.45, 2.75) is 19.3 Å². The van der Waals surface area contributed by atoms with Gasteiger partial charge >= 0.3 is 0 Å². The van der Waals surface area contributed by atoms with Gasteiger partial charge in [0, 0.05) is 24.7 Å². The molecule has 134 valence electrons. The number of aliphatic hydroxyl groups is 1. The summed E-state index contributed by atoms with van der Waals surface area (Å²) in [6.07, 6.45) is 5.74. The molecule has 0 aromatic heterocycles. The average molecular weight is 350 g/mol. The minimum atomic E-state index is -0.282. The number of hydrogen-bond donors (Lipinski definition) is 2. The molecule has 0 saturated heterocycles. The first-order chi connectivity index (χ1) is 12.8. The molecule has 0 aliphatic carbocycles. The highest BCUT2D eigenvalue weighted by Gasteiger charge is 2.00. The highest BCUT2D eigenvalue weighted by molar-refractivity contribution is 5.84. The summed E-state index contributed by atoms with van der Waals surface area (Å²) in [5, 5.41) is 12.0. The van der Waals surface area contributed by atoms with Crippen LogP contribution in [-0.4, -0.2) is 24.5 Å². The summed E-state index contributed by atoms with van der Waals surface area (Å²) in [7, 11) is 0. The lowest BCUT2D eigenvalue weighted by Crippen LogP contribution is -2.09. The number of halogens is 1. The number of rotatable bonds is 8. The second-order valence-corrected chi connectivity index (χ2v) is 5.63. The Labute approximate surface area is 154 Å². The summed E-state index contributed by atoms with van der Waals surface area (Å²) >= 11 is 0. The standard InChI is InChI=1S/C22H23FN2O/c23-21-13-11-20(12-14-21)22(25-16-5-2-6-17-26)18-24-15-7-10-19-8-3-1-4-9-19/h1,3-4,8-9,11-14,16,18,24,26H,6-7,10,15,17H2/b22-18-,25-16?. The maximum Gasteiger partial charge on any atom is 0.123 e. The van der Waals surface area contributed by atoms with Crippen LogP contribution in [0, 0.1) is 17.7 Å². The van der Waals surface area contributed by atoms with E-state index in [0.717, 1.165) is 24.9 Å². The van der Waals surface area contributed by atoms with Crippen LogP contribution in [0.2, 0.25) is 0 Å². The van der Waals surface area contributed by atoms with Gasteiger partial charge in [-0.25, -0.2) is 9.38 Å². The quantitative estimate of drug-likeness (QED) is 0.432. The van der Waals surface area contributed by atoms with E-state index >= 15 is 0 Å². The number of aliphatic hydroxyl groups excluding tert-OH is 1. The van der Waals surface area contributed by atoms with Crippen LogP contribution in [0.4, 0.5) is 4.39 Å². The molecule has 0 saturated carbocycles. The molecule has 26 heavy (non-hydrogen) atoms. The van der Waals surface area contributed by atoms with Gasteiger partial charge < -0.3 is 10.4 Å². The number of hydrogen-bond acceptors (Lipinski definition) is 3. The maximum absolute atomic E-state index is 13.1. The molecule has 0 heterocycles. The average Bonchev–Trinajstić information content (AvgIpc) is 2.67. The first-order valence-electron chi connectivity index (χ1n) is 8.65. The van der Waals surface area contributed by atoms with E-state index in [1.54, 1.807) is 12.1 Å². The van der Waals surface area contributed by atoms with Gasteiger partial charge in [0.1, 0.15) is 5.82 Å². The summed E-state index contributed by atoms with van der Waals surface area (Å²) < 4.78 is 13.1. The number of nitrogens with one attached hydrogen (secondary N) is 1. The number of aliphatic imine (C=N–C) groups is 1. The Kier molecular flexibility index (Phi) is 8.68. The second kappa shape index (κ2) is 11.6. The molecule has 2 aromatic rings. The molecule has 0 unspecified atom stereocenters. The van der Waals surface area contributed by atoms with Gasteiger partial charge in [-0.3, -0.25) is 0 Å². The summed E-state index contributed by atoms with van der Waals surface area (Å²) in [4.78, 5) is 4.35. The van der Waals surface area contributed by atoms with Crippen molar-refractivity contribution in [2.24, 2.45) is 4.99 Å². The summed E-state index contributed by atoms with van der Waals surface area (Å²) in [6.45, 7) is 0.843. The van der Waals surface area contributed by atoms with Gasteiger partial charge in [0.05, 0.1) is 18.5 Å². The van der Waals surface area contributed by atoms with Crippen molar-refractivity contribution < 1.29 is 9.50 Å². The predicted octanol–water partition coefficient (Wildman–Crippen LogP) is 3.80. The molecule has 4 heteroatoms. The fourth-order valence-electron chi connectivity index (χ4n) is 2.30. The molecular weight excluding hydrogens is 327 g/mol. The Hall–Kier alpha value is -2.90. The van der Waals surface area contributed by atoms with Crippen molar-refractivity contribution in [1.82, 2.24) is 5.32 Å². The van der Waals surface area contributed by atoms with Crippen LogP contribution < -0.4 is 5.32 Å². The number of aryl methyl sites for hydroxylation is 1. The molecule has 0 spiro atoms. The highest BCUT2D eigenvalue weighted by atomic mass is 19.1. The van der Waals surface area contributed by atoms with Crippen LogP contribution in [-0.2, 0) is 6.42 Å². The Morgan fingerprint density at radius 3 is 2.62 bits per heavy atom. The molecule has 0 fully saturated rings. The zero-order valence-electron chi connectivity index (χ0n) is 14.7. The van der Waals surface area contributed by atoms with E-state index in [4.69, 9.17) is 5.11 Å². The van der Waals surface area contributed by atoms with Crippen molar-refractivity contribution in [3.05, 3.63) is 77.7 Å². The van der Waals surface area contributed by atoms with Crippen molar-refractivity contribution in [3.8, 4) is 11.8 Å². The topological polar surface area (TPSA) is 44.6 Å². The van der Waals surface area contributed by atoms with E-state index in [1.807, 2.05) is 24.4 Å². The van der Waals surface area contributed by atoms with Crippen LogP contribution in [0.1, 0.15) is 24.0 Å². The molecule has 2 aromatic carbocycles. The Morgan fingerprint density at radius 1 is 1.12 bits per heavy atom. The van der Waals surface area contributed by atoms with Crippen LogP contribution in [0.15, 0.2) is 65.8 Å². The van der Waals surface area contributed by atoms with Crippen LogP contribution in [0.5, 0.6) is 0 Å². The maximum atomic E-state index is 13.1. The van der Waals surface area contributed by atoms with Gasteiger partial charge in [-0.1, -0.05) is 42.2 Å². The van der Waals surface area contributed by atoms with Crippen LogP contribution in [0.3, 0.4) is 0 Å². The molecule has 0 radical (unpaired) electrons. The van der Waals surface area contributed by atoms with E-state index in [1.165, 1.54) is 23.9 Å². The molecule has 0 amide bonds. The van der Waals surface area contributed by atoms with Crippen LogP contribution in [0.25, 0.3) is 5.70 Å². The second-order valence-electron chi connectivity index (χ2n) is 5.63. The van der Waals surface area contributed by atoms with Gasteiger partial charge in [-0.05, 0) is 42.7 Å². The third-order valence-corrected chi connectivity index (χ3v) is 3.62. The minimum absolute atomic E-state index is 0.0322. The normalized spacial score (nSPS) is 11.2. The smallest absolute Gasteiger partial charge is 0.123 e. The largest absolute Gasteiger partial charge is 0.395 e. The molecular formula is C22H23FN2O. The summed E-state index contributed by atoms with van der Waals surface area (Å²) in [5.41, 5.74) is 2.80. The molecule has 0 aliphatic rings. The molecule has 0 bridgehead atoms. The van der Waals surface area contributed by atoms with Gasteiger partial charge in [0.2, 0.25) is 0 Å². The lowest BCUT2D eigenvalue weighted by Gasteiger charge is -2.05. The fourth-order valence-corrected chi connectivity index (χ4v) is 2.30. The predicted molar refractivity (Wildman–Crippen MR) is 105 cm³/mol. The highest BCUT2D eigenvalue weighted by Crippen LogP contribution is 2.15. The Morgan fingerprint density at radius 2 is 1.88 bits per heavy atom. The van der Waals surface area contributed by atoms with Gasteiger partial charge in [0.25, 0.3) is 0 Å². The molecule has 3 nitrogen and oxygen atoms in total. The van der Waals surface area contributed by atoms with Crippen molar-refractivity contribution in [1.29, 1.82) is 0 Å². The third kappa shape index (κ3) is 7.33. The lowest BCUT2D eigenvalue weighted by molar-refractivity contribution is 0.305. The molecule has 2 rings (SSSR count). The molecule has 0 aliphatic heterocycles. The monoisotopic (exact) mass is 350 g/mol. The van der Waals surface area contributed by atoms with E-state index in [9.17, 15) is 4.39 Å². The number of benzene rings is 2. The van der Waals surface area contributed by atoms with Crippen molar-refractivity contribution in [3.63, 3.8) is 0 Å². The zero-order valence-corrected chi connectivity index (χ0v) is 14.7. The fraction of sp³-hybridized carbons (Fsp3) is 0.227. The van der Waals surface area contributed by atoms with E-state index in [-0.39, 0.29) is 12.4 Å². The minimum Gasteiger partial charge on any atom is -0.395 e. The van der Waals surface area contributed by atoms with E-state index in [0.29, 0.717) is 12.1 Å². The van der Waals surface area contributed by atoms with E-state index in [2.05, 4.69) is 34.3 Å². The molecule has 0 atom stereocenters. The first-order valence-corrected chi connectivity index (χ1v) is 8.65. The Balaban J connectivity index is 1.94. The van der Waals surface area contributed by atoms with Crippen molar-refractivity contribution in [2.75, 3.05) is 13.2 Å².